The third-order valence-corrected chi connectivity index (χ3v) is 5.67. The Labute approximate surface area is 163 Å². The van der Waals surface area contributed by atoms with Crippen LogP contribution >= 0.6 is 15.9 Å². The lowest BCUT2D eigenvalue weighted by Gasteiger charge is -2.35. The Morgan fingerprint density at radius 2 is 2.15 bits per heavy atom. The molecule has 9 heteroatoms. The van der Waals surface area contributed by atoms with Crippen molar-refractivity contribution in [2.75, 3.05) is 18.9 Å². The maximum Gasteiger partial charge on any atom is 0.417 e. The van der Waals surface area contributed by atoms with Crippen LogP contribution in [0.5, 0.6) is 0 Å². The Morgan fingerprint density at radius 3 is 2.81 bits per heavy atom. The standard InChI is InChI=1S/C10H13N3O.C8H7BrF3N/c14-6-13-8-1-2-9(13)10-7(5-8)3-4-11-12-10;1-13-5-2-3-7(9)6(4-5)8(10,11)12/h3,6,8-9,11H,1-2,4-5H2;2-4,13H,1H3. The van der Waals surface area contributed by atoms with Crippen LogP contribution in [-0.2, 0) is 11.0 Å². The number of carbonyl (C=O) groups is 1. The van der Waals surface area contributed by atoms with Gasteiger partial charge < -0.3 is 15.6 Å². The number of nitrogens with zero attached hydrogens (tertiary/aromatic N) is 2. The highest BCUT2D eigenvalue weighted by Gasteiger charge is 2.42. The second-order valence-corrected chi connectivity index (χ2v) is 7.39. The van der Waals surface area contributed by atoms with E-state index in [1.165, 1.54) is 11.6 Å². The monoisotopic (exact) mass is 444 g/mol. The second-order valence-electron chi connectivity index (χ2n) is 6.53. The van der Waals surface area contributed by atoms with Gasteiger partial charge in [-0.3, -0.25) is 4.79 Å². The fourth-order valence-corrected chi connectivity index (χ4v) is 4.12. The van der Waals surface area contributed by atoms with Crippen LogP contribution in [-0.4, -0.2) is 42.7 Å². The molecule has 2 saturated heterocycles. The number of piperidine rings is 1. The number of fused-ring (bicyclic) bond motifs is 4. The molecule has 2 unspecified atom stereocenters. The maximum atomic E-state index is 12.3. The number of nitrogens with one attached hydrogen (secondary N) is 2. The van der Waals surface area contributed by atoms with E-state index in [4.69, 9.17) is 0 Å². The van der Waals surface area contributed by atoms with Crippen molar-refractivity contribution < 1.29 is 18.0 Å². The van der Waals surface area contributed by atoms with Gasteiger partial charge in [0.1, 0.15) is 0 Å². The van der Waals surface area contributed by atoms with Gasteiger partial charge >= 0.3 is 6.18 Å². The van der Waals surface area contributed by atoms with E-state index in [0.29, 0.717) is 11.7 Å². The smallest absolute Gasteiger partial charge is 0.388 e. The van der Waals surface area contributed by atoms with Crippen LogP contribution in [0.2, 0.25) is 0 Å². The Kier molecular flexibility index (Phi) is 5.78. The molecule has 0 aliphatic carbocycles. The molecule has 3 heterocycles. The molecule has 3 aliphatic rings. The van der Waals surface area contributed by atoms with E-state index >= 15 is 0 Å². The Hall–Kier alpha value is -2.03. The summed E-state index contributed by atoms with van der Waals surface area (Å²) in [4.78, 5) is 12.9. The van der Waals surface area contributed by atoms with Gasteiger partial charge in [-0.1, -0.05) is 22.0 Å². The zero-order valence-electron chi connectivity index (χ0n) is 14.7. The van der Waals surface area contributed by atoms with E-state index < -0.39 is 11.7 Å². The predicted octanol–water partition coefficient (Wildman–Crippen LogP) is 3.77. The number of rotatable bonds is 2. The number of hydrogen-bond donors (Lipinski definition) is 2. The zero-order valence-corrected chi connectivity index (χ0v) is 16.3. The highest BCUT2D eigenvalue weighted by Crippen LogP contribution is 2.37. The van der Waals surface area contributed by atoms with Crippen molar-refractivity contribution >= 4 is 33.7 Å². The van der Waals surface area contributed by atoms with Gasteiger partial charge in [0.2, 0.25) is 6.41 Å². The van der Waals surface area contributed by atoms with E-state index in [1.807, 2.05) is 4.90 Å². The minimum absolute atomic E-state index is 0.0546. The number of anilines is 1. The molecular formula is C18H20BrF3N4O. The lowest BCUT2D eigenvalue weighted by molar-refractivity contribution is -0.138. The highest BCUT2D eigenvalue weighted by atomic mass is 79.9. The number of hydrogen-bond acceptors (Lipinski definition) is 4. The summed E-state index contributed by atoms with van der Waals surface area (Å²) in [5.41, 5.74) is 5.20. The molecule has 4 rings (SSSR count). The van der Waals surface area contributed by atoms with Crippen LogP contribution in [0.15, 0.2) is 39.4 Å². The lowest BCUT2D eigenvalue weighted by atomic mass is 9.94. The van der Waals surface area contributed by atoms with Crippen LogP contribution < -0.4 is 10.7 Å². The van der Waals surface area contributed by atoms with Gasteiger partial charge in [-0.2, -0.15) is 18.3 Å². The van der Waals surface area contributed by atoms with Crippen molar-refractivity contribution in [2.45, 2.75) is 37.5 Å². The minimum Gasteiger partial charge on any atom is -0.388 e. The summed E-state index contributed by atoms with van der Waals surface area (Å²) in [6, 6.07) is 4.67. The third kappa shape index (κ3) is 4.12. The van der Waals surface area contributed by atoms with Gasteiger partial charge in [0.25, 0.3) is 0 Å². The molecule has 2 fully saturated rings. The molecular weight excluding hydrogens is 425 g/mol. The third-order valence-electron chi connectivity index (χ3n) is 4.98. The fourth-order valence-electron chi connectivity index (χ4n) is 3.65. The number of halogens is 4. The number of hydrazone groups is 1. The van der Waals surface area contributed by atoms with Crippen molar-refractivity contribution in [1.82, 2.24) is 10.3 Å². The molecule has 1 amide bonds. The molecule has 0 spiro atoms. The largest absolute Gasteiger partial charge is 0.417 e. The molecule has 146 valence electrons. The number of amides is 1. The average molecular weight is 445 g/mol. The van der Waals surface area contributed by atoms with Crippen molar-refractivity contribution in [3.8, 4) is 0 Å². The zero-order chi connectivity index (χ0) is 19.6. The molecule has 2 N–H and O–H groups in total. The van der Waals surface area contributed by atoms with E-state index in [1.54, 1.807) is 13.1 Å². The number of carbonyl (C=O) groups excluding carboxylic acids is 1. The quantitative estimate of drug-likeness (QED) is 0.682. The molecule has 2 bridgehead atoms. The SMILES string of the molecule is CNc1ccc(Br)c(C(F)(F)F)c1.O=CN1C2CCC1C1=NNCC=C1C2. The number of alkyl halides is 3. The van der Waals surface area contributed by atoms with Crippen molar-refractivity contribution in [3.05, 3.63) is 39.9 Å². The minimum atomic E-state index is -4.31. The van der Waals surface area contributed by atoms with Gasteiger partial charge in [0.15, 0.2) is 0 Å². The molecule has 0 radical (unpaired) electrons. The van der Waals surface area contributed by atoms with Crippen molar-refractivity contribution in [3.63, 3.8) is 0 Å². The molecule has 1 aromatic carbocycles. The second kappa shape index (κ2) is 7.92. The lowest BCUT2D eigenvalue weighted by Crippen LogP contribution is -2.47. The van der Waals surface area contributed by atoms with Gasteiger partial charge in [-0.25, -0.2) is 0 Å². The summed E-state index contributed by atoms with van der Waals surface area (Å²) in [6.07, 6.45) is 2.06. The summed E-state index contributed by atoms with van der Waals surface area (Å²) >= 11 is 2.85. The molecule has 3 aliphatic heterocycles. The van der Waals surface area contributed by atoms with Crippen LogP contribution in [0, 0.1) is 0 Å². The average Bonchev–Trinajstić information content (AvgIpc) is 2.95. The maximum absolute atomic E-state index is 12.3. The van der Waals surface area contributed by atoms with E-state index in [0.717, 1.165) is 44.0 Å². The predicted molar refractivity (Wildman–Crippen MR) is 102 cm³/mol. The van der Waals surface area contributed by atoms with E-state index in [2.05, 4.69) is 37.8 Å². The van der Waals surface area contributed by atoms with Crippen molar-refractivity contribution in [1.29, 1.82) is 0 Å². The Balaban J connectivity index is 0.000000157. The first-order chi connectivity index (χ1) is 12.8. The van der Waals surface area contributed by atoms with Gasteiger partial charge in [-0.05, 0) is 43.0 Å². The summed E-state index contributed by atoms with van der Waals surface area (Å²) < 4.78 is 37.0. The van der Waals surface area contributed by atoms with E-state index in [-0.39, 0.29) is 10.5 Å². The fraction of sp³-hybridized carbons (Fsp3) is 0.444. The molecule has 0 saturated carbocycles. The van der Waals surface area contributed by atoms with Crippen LogP contribution in [0.1, 0.15) is 24.8 Å². The van der Waals surface area contributed by atoms with Crippen LogP contribution in [0.3, 0.4) is 0 Å². The van der Waals surface area contributed by atoms with Crippen LogP contribution in [0.4, 0.5) is 18.9 Å². The highest BCUT2D eigenvalue weighted by molar-refractivity contribution is 9.10. The first kappa shape index (κ1) is 19.7. The van der Waals surface area contributed by atoms with E-state index in [9.17, 15) is 18.0 Å². The van der Waals surface area contributed by atoms with Crippen molar-refractivity contribution in [2.24, 2.45) is 5.10 Å². The molecule has 27 heavy (non-hydrogen) atoms. The first-order valence-corrected chi connectivity index (χ1v) is 9.41. The van der Waals surface area contributed by atoms with Gasteiger partial charge in [0, 0.05) is 23.2 Å². The molecule has 2 atom stereocenters. The summed E-state index contributed by atoms with van der Waals surface area (Å²) in [6.45, 7) is 0.833. The number of benzene rings is 1. The molecule has 0 aromatic heterocycles. The summed E-state index contributed by atoms with van der Waals surface area (Å²) in [5.74, 6) is 0. The Bertz CT molecular complexity index is 778. The van der Waals surface area contributed by atoms with Gasteiger partial charge in [0.05, 0.1) is 23.9 Å². The Morgan fingerprint density at radius 1 is 1.37 bits per heavy atom. The molecule has 1 aromatic rings. The van der Waals surface area contributed by atoms with Gasteiger partial charge in [-0.15, -0.1) is 0 Å². The summed E-state index contributed by atoms with van der Waals surface area (Å²) in [5, 5.41) is 6.97. The topological polar surface area (TPSA) is 56.7 Å². The first-order valence-electron chi connectivity index (χ1n) is 8.62. The summed E-state index contributed by atoms with van der Waals surface area (Å²) in [7, 11) is 1.57. The normalized spacial score (nSPS) is 23.2. The molecule has 5 nitrogen and oxygen atoms in total. The van der Waals surface area contributed by atoms with Crippen LogP contribution in [0.25, 0.3) is 0 Å².